The van der Waals surface area contributed by atoms with Crippen LogP contribution in [0.2, 0.25) is 0 Å². The molecule has 2 amide bonds. The Kier molecular flexibility index (Phi) is 7.94. The number of halogens is 2. The van der Waals surface area contributed by atoms with Crippen molar-refractivity contribution in [3.8, 4) is 5.75 Å². The highest BCUT2D eigenvalue weighted by Gasteiger charge is 2.15. The predicted molar refractivity (Wildman–Crippen MR) is 103 cm³/mol. The first-order valence-corrected chi connectivity index (χ1v) is 8.96. The number of carbonyl (C=O) groups excluding carboxylic acids is 3. The molecule has 0 fully saturated rings. The van der Waals surface area contributed by atoms with E-state index >= 15 is 0 Å². The normalized spacial score (nSPS) is 10.1. The number of hydrogen-bond acceptors (Lipinski definition) is 5. The number of carbonyl (C=O) groups is 3. The molecular weight excluding hydrogens is 435 g/mol. The van der Waals surface area contributed by atoms with Crippen LogP contribution in [-0.2, 0) is 19.1 Å². The van der Waals surface area contributed by atoms with E-state index in [1.165, 1.54) is 31.3 Å². The van der Waals surface area contributed by atoms with Crippen LogP contribution in [0.1, 0.15) is 0 Å². The molecular formula is C19H18BrFN2O5. The van der Waals surface area contributed by atoms with Gasteiger partial charge in [0.2, 0.25) is 5.91 Å². The third kappa shape index (κ3) is 7.36. The number of nitrogens with one attached hydrogen (secondary N) is 1. The second kappa shape index (κ2) is 10.4. The second-order valence-electron chi connectivity index (χ2n) is 5.71. The van der Waals surface area contributed by atoms with Gasteiger partial charge < -0.3 is 19.7 Å². The summed E-state index contributed by atoms with van der Waals surface area (Å²) in [5.74, 6) is -1.67. The highest BCUT2D eigenvalue weighted by molar-refractivity contribution is 9.10. The van der Waals surface area contributed by atoms with E-state index in [1.807, 2.05) is 6.07 Å². The lowest BCUT2D eigenvalue weighted by Gasteiger charge is -2.17. The summed E-state index contributed by atoms with van der Waals surface area (Å²) in [5.41, 5.74) is 0.406. The van der Waals surface area contributed by atoms with Crippen LogP contribution in [0.3, 0.4) is 0 Å². The number of benzene rings is 2. The van der Waals surface area contributed by atoms with E-state index < -0.39 is 30.2 Å². The zero-order valence-corrected chi connectivity index (χ0v) is 16.6. The maximum absolute atomic E-state index is 12.8. The minimum atomic E-state index is -0.711. The predicted octanol–water partition coefficient (Wildman–Crippen LogP) is 2.61. The maximum atomic E-state index is 12.8. The van der Waals surface area contributed by atoms with Crippen molar-refractivity contribution in [2.45, 2.75) is 0 Å². The van der Waals surface area contributed by atoms with Crippen LogP contribution in [0, 0.1) is 5.82 Å². The third-order valence-electron chi connectivity index (χ3n) is 3.44. The molecule has 0 saturated carbocycles. The van der Waals surface area contributed by atoms with Crippen molar-refractivity contribution in [3.63, 3.8) is 0 Å². The molecule has 9 heteroatoms. The molecule has 0 aliphatic heterocycles. The summed E-state index contributed by atoms with van der Waals surface area (Å²) in [6, 6.07) is 12.2. The quantitative estimate of drug-likeness (QED) is 0.622. The lowest BCUT2D eigenvalue weighted by Crippen LogP contribution is -2.37. The van der Waals surface area contributed by atoms with Crippen molar-refractivity contribution < 1.29 is 28.2 Å². The van der Waals surface area contributed by atoms with Crippen molar-refractivity contribution in [2.75, 3.05) is 32.1 Å². The van der Waals surface area contributed by atoms with E-state index in [2.05, 4.69) is 21.2 Å². The Balaban J connectivity index is 1.70. The van der Waals surface area contributed by atoms with Gasteiger partial charge in [-0.2, -0.15) is 0 Å². The van der Waals surface area contributed by atoms with Gasteiger partial charge in [0, 0.05) is 17.2 Å². The average Bonchev–Trinajstić information content (AvgIpc) is 2.66. The highest BCUT2D eigenvalue weighted by Crippen LogP contribution is 2.17. The van der Waals surface area contributed by atoms with Gasteiger partial charge in [-0.05, 0) is 42.5 Å². The number of likely N-dealkylation sites (N-methyl/N-ethyl adjacent to an activating group) is 1. The molecule has 0 aliphatic carbocycles. The summed E-state index contributed by atoms with van der Waals surface area (Å²) in [5, 5.41) is 2.53. The molecule has 2 rings (SSSR count). The Labute approximate surface area is 169 Å². The molecule has 1 N–H and O–H groups in total. The second-order valence-corrected chi connectivity index (χ2v) is 6.63. The van der Waals surface area contributed by atoms with E-state index in [0.717, 1.165) is 9.37 Å². The van der Waals surface area contributed by atoms with Gasteiger partial charge >= 0.3 is 5.97 Å². The first-order chi connectivity index (χ1) is 13.3. The molecule has 7 nitrogen and oxygen atoms in total. The Bertz CT molecular complexity index is 844. The van der Waals surface area contributed by atoms with E-state index in [4.69, 9.17) is 9.47 Å². The smallest absolute Gasteiger partial charge is 0.344 e. The molecule has 0 saturated heterocycles. The van der Waals surface area contributed by atoms with E-state index in [0.29, 0.717) is 11.4 Å². The fourth-order valence-electron chi connectivity index (χ4n) is 2.03. The van der Waals surface area contributed by atoms with Crippen LogP contribution in [0.5, 0.6) is 5.75 Å². The number of esters is 1. The zero-order chi connectivity index (χ0) is 20.5. The molecule has 0 unspecified atom stereocenters. The Morgan fingerprint density at radius 3 is 2.50 bits per heavy atom. The topological polar surface area (TPSA) is 84.9 Å². The standard InChI is InChI=1S/C19H18BrFN2O5/c1-23(10-17(24)22-15-7-5-14(21)6-8-15)18(25)11-28-19(26)12-27-16-4-2-3-13(20)9-16/h2-9H,10-12H2,1H3,(H,22,24). The highest BCUT2D eigenvalue weighted by atomic mass is 79.9. The zero-order valence-electron chi connectivity index (χ0n) is 15.0. The monoisotopic (exact) mass is 452 g/mol. The SMILES string of the molecule is CN(CC(=O)Nc1ccc(F)cc1)C(=O)COC(=O)COc1cccc(Br)c1. The molecule has 0 spiro atoms. The van der Waals surface area contributed by atoms with Gasteiger partial charge in [-0.3, -0.25) is 9.59 Å². The van der Waals surface area contributed by atoms with Crippen molar-refractivity contribution in [1.29, 1.82) is 0 Å². The molecule has 28 heavy (non-hydrogen) atoms. The first kappa shape index (κ1) is 21.4. The van der Waals surface area contributed by atoms with Gasteiger partial charge in [0.05, 0.1) is 6.54 Å². The fraction of sp³-hybridized carbons (Fsp3) is 0.211. The number of nitrogens with zero attached hydrogens (tertiary/aromatic N) is 1. The molecule has 0 aliphatic rings. The van der Waals surface area contributed by atoms with Gasteiger partial charge in [-0.15, -0.1) is 0 Å². The summed E-state index contributed by atoms with van der Waals surface area (Å²) in [6.07, 6.45) is 0. The molecule has 148 valence electrons. The number of anilines is 1. The lowest BCUT2D eigenvalue weighted by atomic mass is 10.3. The Hall–Kier alpha value is -2.94. The van der Waals surface area contributed by atoms with Crippen molar-refractivity contribution >= 4 is 39.4 Å². The van der Waals surface area contributed by atoms with Gasteiger partial charge in [0.1, 0.15) is 11.6 Å². The van der Waals surface area contributed by atoms with Crippen LogP contribution in [0.4, 0.5) is 10.1 Å². The minimum Gasteiger partial charge on any atom is -0.482 e. The molecule has 0 radical (unpaired) electrons. The van der Waals surface area contributed by atoms with Crippen LogP contribution in [0.15, 0.2) is 53.0 Å². The van der Waals surface area contributed by atoms with E-state index in [9.17, 15) is 18.8 Å². The van der Waals surface area contributed by atoms with Crippen LogP contribution in [0.25, 0.3) is 0 Å². The molecule has 0 atom stereocenters. The van der Waals surface area contributed by atoms with Crippen LogP contribution >= 0.6 is 15.9 Å². The summed E-state index contributed by atoms with van der Waals surface area (Å²) in [6.45, 7) is -1.11. The summed E-state index contributed by atoms with van der Waals surface area (Å²) < 4.78 is 23.8. The Morgan fingerprint density at radius 1 is 1.11 bits per heavy atom. The lowest BCUT2D eigenvalue weighted by molar-refractivity contribution is -0.153. The van der Waals surface area contributed by atoms with Crippen molar-refractivity contribution in [2.24, 2.45) is 0 Å². The first-order valence-electron chi connectivity index (χ1n) is 8.17. The Morgan fingerprint density at radius 2 is 1.82 bits per heavy atom. The van der Waals surface area contributed by atoms with Gasteiger partial charge in [0.25, 0.3) is 5.91 Å². The van der Waals surface area contributed by atoms with Gasteiger partial charge in [-0.25, -0.2) is 9.18 Å². The van der Waals surface area contributed by atoms with Crippen LogP contribution in [-0.4, -0.2) is 49.5 Å². The summed E-state index contributed by atoms with van der Waals surface area (Å²) >= 11 is 3.28. The van der Waals surface area contributed by atoms with Crippen LogP contribution < -0.4 is 10.1 Å². The number of amides is 2. The molecule has 0 aromatic heterocycles. The van der Waals surface area contributed by atoms with Crippen molar-refractivity contribution in [3.05, 3.63) is 58.8 Å². The van der Waals surface area contributed by atoms with Crippen molar-refractivity contribution in [1.82, 2.24) is 4.90 Å². The molecule has 0 heterocycles. The maximum Gasteiger partial charge on any atom is 0.344 e. The van der Waals surface area contributed by atoms with Gasteiger partial charge in [0.15, 0.2) is 13.2 Å². The minimum absolute atomic E-state index is 0.248. The molecule has 2 aromatic rings. The molecule has 2 aromatic carbocycles. The molecule has 0 bridgehead atoms. The van der Waals surface area contributed by atoms with E-state index in [-0.39, 0.29) is 13.2 Å². The number of hydrogen-bond donors (Lipinski definition) is 1. The largest absolute Gasteiger partial charge is 0.482 e. The summed E-state index contributed by atoms with van der Waals surface area (Å²) in [7, 11) is 1.40. The fourth-order valence-corrected chi connectivity index (χ4v) is 2.41. The number of rotatable bonds is 8. The van der Waals surface area contributed by atoms with Gasteiger partial charge in [-0.1, -0.05) is 22.0 Å². The van der Waals surface area contributed by atoms with E-state index in [1.54, 1.807) is 18.2 Å². The third-order valence-corrected chi connectivity index (χ3v) is 3.94. The average molecular weight is 453 g/mol. The number of ether oxygens (including phenoxy) is 2. The summed E-state index contributed by atoms with van der Waals surface area (Å²) in [4.78, 5) is 36.7.